The first-order chi connectivity index (χ1) is 13.9. The minimum absolute atomic E-state index is 0.256. The van der Waals surface area contributed by atoms with E-state index >= 15 is 0 Å². The van der Waals surface area contributed by atoms with Crippen molar-refractivity contribution in [2.45, 2.75) is 18.6 Å². The maximum Gasteiger partial charge on any atom is 0.325 e. The molecule has 0 unspecified atom stereocenters. The molecule has 3 heterocycles. The Bertz CT molecular complexity index is 943. The zero-order valence-corrected chi connectivity index (χ0v) is 16.1. The van der Waals surface area contributed by atoms with Crippen LogP contribution in [0.5, 0.6) is 11.5 Å². The topological polar surface area (TPSA) is 101 Å². The van der Waals surface area contributed by atoms with Crippen LogP contribution in [0.25, 0.3) is 0 Å². The zero-order chi connectivity index (χ0) is 20.6. The standard InChI is InChI=1S/C20H21N3O6/c1-20(16-8-5-9-27-16)18(25)23(19(26)21-20)11-17(24)22(2)10-13-12-28-14-6-3-4-7-15(14)29-13/h3-9,13H,10-12H2,1-2H3,(H,21,26)/t13-,20+/m1/s1. The van der Waals surface area contributed by atoms with E-state index in [1.54, 1.807) is 32.2 Å². The highest BCUT2D eigenvalue weighted by atomic mass is 16.6. The third kappa shape index (κ3) is 3.39. The number of urea groups is 1. The molecule has 0 spiro atoms. The molecule has 4 rings (SSSR count). The number of para-hydroxylation sites is 2. The molecule has 1 fully saturated rings. The number of furan rings is 1. The molecule has 2 aromatic rings. The minimum atomic E-state index is -1.33. The summed E-state index contributed by atoms with van der Waals surface area (Å²) in [7, 11) is 1.59. The van der Waals surface area contributed by atoms with Crippen molar-refractivity contribution in [3.05, 3.63) is 48.4 Å². The number of imide groups is 1. The third-order valence-electron chi connectivity index (χ3n) is 5.05. The molecule has 2 aliphatic heterocycles. The van der Waals surface area contributed by atoms with Gasteiger partial charge in [0.2, 0.25) is 5.91 Å². The largest absolute Gasteiger partial charge is 0.486 e. The van der Waals surface area contributed by atoms with Gasteiger partial charge < -0.3 is 24.1 Å². The van der Waals surface area contributed by atoms with E-state index in [9.17, 15) is 14.4 Å². The monoisotopic (exact) mass is 399 g/mol. The minimum Gasteiger partial charge on any atom is -0.486 e. The summed E-state index contributed by atoms with van der Waals surface area (Å²) < 4.78 is 16.8. The molecule has 1 aromatic carbocycles. The second-order valence-corrected chi connectivity index (χ2v) is 7.20. The van der Waals surface area contributed by atoms with E-state index in [2.05, 4.69) is 5.32 Å². The number of fused-ring (bicyclic) bond motifs is 1. The summed E-state index contributed by atoms with van der Waals surface area (Å²) in [6.07, 6.45) is 1.07. The first kappa shape index (κ1) is 18.9. The molecule has 0 bridgehead atoms. The Morgan fingerprint density at radius 2 is 2.00 bits per heavy atom. The first-order valence-electron chi connectivity index (χ1n) is 9.19. The first-order valence-corrected chi connectivity index (χ1v) is 9.19. The smallest absolute Gasteiger partial charge is 0.325 e. The van der Waals surface area contributed by atoms with E-state index in [0.717, 1.165) is 4.90 Å². The van der Waals surface area contributed by atoms with Crippen LogP contribution in [0, 0.1) is 0 Å². The predicted octanol–water partition coefficient (Wildman–Crippen LogP) is 1.34. The molecular weight excluding hydrogens is 378 g/mol. The van der Waals surface area contributed by atoms with Crippen molar-refractivity contribution in [1.29, 1.82) is 0 Å². The molecule has 9 nitrogen and oxygen atoms in total. The van der Waals surface area contributed by atoms with Crippen LogP contribution in [0.1, 0.15) is 12.7 Å². The van der Waals surface area contributed by atoms with Gasteiger partial charge in [0.05, 0.1) is 12.8 Å². The summed E-state index contributed by atoms with van der Waals surface area (Å²) in [6, 6.07) is 9.90. The van der Waals surface area contributed by atoms with Crippen LogP contribution >= 0.6 is 0 Å². The average Bonchev–Trinajstić information content (AvgIpc) is 3.32. The molecule has 0 saturated carbocycles. The molecule has 2 atom stereocenters. The van der Waals surface area contributed by atoms with Gasteiger partial charge in [-0.25, -0.2) is 4.79 Å². The van der Waals surface area contributed by atoms with E-state index in [1.807, 2.05) is 18.2 Å². The SMILES string of the molecule is CN(C[C@@H]1COc2ccccc2O1)C(=O)CN1C(=O)N[C@@](C)(c2ccco2)C1=O. The second-order valence-electron chi connectivity index (χ2n) is 7.20. The van der Waals surface area contributed by atoms with Crippen molar-refractivity contribution in [2.75, 3.05) is 26.7 Å². The van der Waals surface area contributed by atoms with Gasteiger partial charge in [0.15, 0.2) is 23.1 Å². The lowest BCUT2D eigenvalue weighted by atomic mass is 9.99. The van der Waals surface area contributed by atoms with Gasteiger partial charge in [-0.2, -0.15) is 0 Å². The summed E-state index contributed by atoms with van der Waals surface area (Å²) in [6.45, 7) is 1.73. The number of carbonyl (C=O) groups excluding carboxylic acids is 3. The Morgan fingerprint density at radius 3 is 2.72 bits per heavy atom. The van der Waals surface area contributed by atoms with Crippen molar-refractivity contribution in [3.8, 4) is 11.5 Å². The quantitative estimate of drug-likeness (QED) is 0.762. The molecule has 29 heavy (non-hydrogen) atoms. The number of rotatable bonds is 5. The van der Waals surface area contributed by atoms with Crippen molar-refractivity contribution < 1.29 is 28.3 Å². The Hall–Kier alpha value is -3.49. The lowest BCUT2D eigenvalue weighted by Gasteiger charge is -2.30. The number of amides is 4. The van der Waals surface area contributed by atoms with Gasteiger partial charge in [-0.1, -0.05) is 12.1 Å². The Kier molecular flexibility index (Phi) is 4.65. The summed E-state index contributed by atoms with van der Waals surface area (Å²) in [5.41, 5.74) is -1.33. The van der Waals surface area contributed by atoms with Crippen LogP contribution in [0.4, 0.5) is 4.79 Å². The van der Waals surface area contributed by atoms with E-state index in [4.69, 9.17) is 13.9 Å². The van der Waals surface area contributed by atoms with Gasteiger partial charge in [0.1, 0.15) is 18.9 Å². The molecule has 152 valence electrons. The Morgan fingerprint density at radius 1 is 1.24 bits per heavy atom. The highest BCUT2D eigenvalue weighted by molar-refractivity contribution is 6.08. The fourth-order valence-electron chi connectivity index (χ4n) is 3.39. The lowest BCUT2D eigenvalue weighted by molar-refractivity contribution is -0.139. The van der Waals surface area contributed by atoms with Crippen LogP contribution in [0.2, 0.25) is 0 Å². The molecule has 0 radical (unpaired) electrons. The van der Waals surface area contributed by atoms with Gasteiger partial charge in [-0.15, -0.1) is 0 Å². The van der Waals surface area contributed by atoms with Crippen LogP contribution in [0.3, 0.4) is 0 Å². The number of nitrogens with one attached hydrogen (secondary N) is 1. The molecule has 0 aliphatic carbocycles. The van der Waals surface area contributed by atoms with E-state index < -0.39 is 17.5 Å². The molecular formula is C20H21N3O6. The normalized spacial score (nSPS) is 23.1. The number of hydrogen-bond donors (Lipinski definition) is 1. The maximum absolute atomic E-state index is 12.8. The van der Waals surface area contributed by atoms with Crippen LogP contribution in [0.15, 0.2) is 47.1 Å². The van der Waals surface area contributed by atoms with Gasteiger partial charge in [0.25, 0.3) is 5.91 Å². The number of benzene rings is 1. The fraction of sp³-hybridized carbons (Fsp3) is 0.350. The summed E-state index contributed by atoms with van der Waals surface area (Å²) in [4.78, 5) is 40.1. The molecule has 4 amide bonds. The molecule has 2 aliphatic rings. The van der Waals surface area contributed by atoms with Crippen molar-refractivity contribution >= 4 is 17.8 Å². The number of likely N-dealkylation sites (N-methyl/N-ethyl adjacent to an activating group) is 1. The number of carbonyl (C=O) groups is 3. The number of nitrogens with zero attached hydrogens (tertiary/aromatic N) is 2. The molecule has 1 saturated heterocycles. The predicted molar refractivity (Wildman–Crippen MR) is 100 cm³/mol. The summed E-state index contributed by atoms with van der Waals surface area (Å²) in [5.74, 6) is 0.665. The highest BCUT2D eigenvalue weighted by Gasteiger charge is 2.51. The summed E-state index contributed by atoms with van der Waals surface area (Å²) in [5, 5.41) is 2.60. The summed E-state index contributed by atoms with van der Waals surface area (Å²) >= 11 is 0. The highest BCUT2D eigenvalue weighted by Crippen LogP contribution is 2.31. The molecule has 1 N–H and O–H groups in total. The fourth-order valence-corrected chi connectivity index (χ4v) is 3.39. The van der Waals surface area contributed by atoms with Gasteiger partial charge in [-0.3, -0.25) is 14.5 Å². The van der Waals surface area contributed by atoms with Crippen LogP contribution in [-0.4, -0.2) is 60.5 Å². The Labute approximate surface area is 167 Å². The van der Waals surface area contributed by atoms with Crippen LogP contribution < -0.4 is 14.8 Å². The maximum atomic E-state index is 12.8. The zero-order valence-electron chi connectivity index (χ0n) is 16.1. The molecule has 9 heteroatoms. The third-order valence-corrected chi connectivity index (χ3v) is 5.05. The van der Waals surface area contributed by atoms with Crippen molar-refractivity contribution in [1.82, 2.24) is 15.1 Å². The number of hydrogen-bond acceptors (Lipinski definition) is 6. The van der Waals surface area contributed by atoms with Gasteiger partial charge in [-0.05, 0) is 31.2 Å². The van der Waals surface area contributed by atoms with Crippen molar-refractivity contribution in [2.24, 2.45) is 0 Å². The van der Waals surface area contributed by atoms with Gasteiger partial charge in [0, 0.05) is 7.05 Å². The number of ether oxygens (including phenoxy) is 2. The average molecular weight is 399 g/mol. The lowest BCUT2D eigenvalue weighted by Crippen LogP contribution is -2.47. The van der Waals surface area contributed by atoms with E-state index in [1.165, 1.54) is 11.2 Å². The van der Waals surface area contributed by atoms with Crippen molar-refractivity contribution in [3.63, 3.8) is 0 Å². The second kappa shape index (κ2) is 7.16. The van der Waals surface area contributed by atoms with E-state index in [-0.39, 0.29) is 25.1 Å². The van der Waals surface area contributed by atoms with E-state index in [0.29, 0.717) is 23.9 Å². The Balaban J connectivity index is 1.38. The molecule has 1 aromatic heterocycles. The van der Waals surface area contributed by atoms with Gasteiger partial charge >= 0.3 is 6.03 Å². The van der Waals surface area contributed by atoms with Crippen LogP contribution in [-0.2, 0) is 15.1 Å².